The number of amides is 1. The van der Waals surface area contributed by atoms with E-state index in [0.29, 0.717) is 5.02 Å². The lowest BCUT2D eigenvalue weighted by molar-refractivity contribution is -0.117. The minimum atomic E-state index is -0.108. The first-order valence-corrected chi connectivity index (χ1v) is 7.01. The van der Waals surface area contributed by atoms with Gasteiger partial charge in [0, 0.05) is 22.9 Å². The fraction of sp³-hybridized carbons (Fsp3) is 0.188. The van der Waals surface area contributed by atoms with Crippen LogP contribution in [0.1, 0.15) is 17.9 Å². The first-order chi connectivity index (χ1) is 9.74. The molecule has 0 saturated heterocycles. The highest BCUT2D eigenvalue weighted by Gasteiger charge is 2.26. The first-order valence-electron chi connectivity index (χ1n) is 6.63. The topological polar surface area (TPSA) is 41.1 Å². The lowest BCUT2D eigenvalue weighted by Crippen LogP contribution is -2.27. The normalized spacial score (nSPS) is 16.9. The van der Waals surface area contributed by atoms with Gasteiger partial charge in [-0.05, 0) is 42.3 Å². The minimum Gasteiger partial charge on any atom is -0.385 e. The van der Waals surface area contributed by atoms with Crippen molar-refractivity contribution in [2.45, 2.75) is 12.3 Å². The van der Waals surface area contributed by atoms with Crippen LogP contribution in [-0.4, -0.2) is 12.5 Å². The van der Waals surface area contributed by atoms with Gasteiger partial charge in [0.25, 0.3) is 0 Å². The number of carbonyl (C=O) groups excluding carboxylic acids is 1. The van der Waals surface area contributed by atoms with Crippen LogP contribution in [0.15, 0.2) is 48.5 Å². The summed E-state index contributed by atoms with van der Waals surface area (Å²) in [6.45, 7) is 0.815. The summed E-state index contributed by atoms with van der Waals surface area (Å²) in [5.41, 5.74) is 2.88. The van der Waals surface area contributed by atoms with Crippen LogP contribution in [0.2, 0.25) is 5.02 Å². The van der Waals surface area contributed by atoms with Gasteiger partial charge < -0.3 is 10.6 Å². The third-order valence-electron chi connectivity index (χ3n) is 3.51. The molecule has 102 valence electrons. The zero-order valence-corrected chi connectivity index (χ0v) is 11.7. The van der Waals surface area contributed by atoms with Crippen LogP contribution in [0.25, 0.3) is 0 Å². The SMILES string of the molecule is O=C(Nc1ccc(Cl)cc1)C1CCNc2ccccc21. The molecule has 3 nitrogen and oxygen atoms in total. The van der Waals surface area contributed by atoms with E-state index in [1.807, 2.05) is 36.4 Å². The van der Waals surface area contributed by atoms with Gasteiger partial charge in [0.1, 0.15) is 0 Å². The average Bonchev–Trinajstić information content (AvgIpc) is 2.49. The lowest BCUT2D eigenvalue weighted by atomic mass is 9.90. The van der Waals surface area contributed by atoms with E-state index >= 15 is 0 Å². The summed E-state index contributed by atoms with van der Waals surface area (Å²) < 4.78 is 0. The van der Waals surface area contributed by atoms with Crippen molar-refractivity contribution in [2.24, 2.45) is 0 Å². The zero-order chi connectivity index (χ0) is 13.9. The number of fused-ring (bicyclic) bond motifs is 1. The number of hydrogen-bond acceptors (Lipinski definition) is 2. The molecule has 3 rings (SSSR count). The molecule has 1 atom stereocenters. The third-order valence-corrected chi connectivity index (χ3v) is 3.76. The lowest BCUT2D eigenvalue weighted by Gasteiger charge is -2.25. The average molecular weight is 287 g/mol. The van der Waals surface area contributed by atoms with Crippen molar-refractivity contribution in [3.8, 4) is 0 Å². The molecule has 1 amide bonds. The van der Waals surface area contributed by atoms with Crippen molar-refractivity contribution in [3.63, 3.8) is 0 Å². The van der Waals surface area contributed by atoms with E-state index < -0.39 is 0 Å². The largest absolute Gasteiger partial charge is 0.385 e. The Morgan fingerprint density at radius 1 is 1.15 bits per heavy atom. The van der Waals surface area contributed by atoms with E-state index in [0.717, 1.165) is 29.9 Å². The van der Waals surface area contributed by atoms with Crippen molar-refractivity contribution >= 4 is 28.9 Å². The van der Waals surface area contributed by atoms with Crippen molar-refractivity contribution in [2.75, 3.05) is 17.2 Å². The van der Waals surface area contributed by atoms with Gasteiger partial charge in [-0.1, -0.05) is 29.8 Å². The molecule has 0 radical (unpaired) electrons. The Balaban J connectivity index is 1.80. The Labute approximate surface area is 123 Å². The molecule has 0 spiro atoms. The minimum absolute atomic E-state index is 0.0290. The number of anilines is 2. The number of carbonyl (C=O) groups is 1. The fourth-order valence-electron chi connectivity index (χ4n) is 2.50. The van der Waals surface area contributed by atoms with Gasteiger partial charge in [-0.25, -0.2) is 0 Å². The van der Waals surface area contributed by atoms with E-state index in [2.05, 4.69) is 10.6 Å². The molecule has 0 aromatic heterocycles. The van der Waals surface area contributed by atoms with E-state index in [-0.39, 0.29) is 11.8 Å². The second-order valence-electron chi connectivity index (χ2n) is 4.85. The van der Waals surface area contributed by atoms with Crippen molar-refractivity contribution in [3.05, 3.63) is 59.1 Å². The van der Waals surface area contributed by atoms with Crippen molar-refractivity contribution in [1.82, 2.24) is 0 Å². The number of rotatable bonds is 2. The first kappa shape index (κ1) is 13.0. The third kappa shape index (κ3) is 2.63. The number of benzene rings is 2. The smallest absolute Gasteiger partial charge is 0.232 e. The summed E-state index contributed by atoms with van der Waals surface area (Å²) >= 11 is 5.84. The summed E-state index contributed by atoms with van der Waals surface area (Å²) in [5, 5.41) is 6.94. The molecule has 0 bridgehead atoms. The van der Waals surface area contributed by atoms with Crippen LogP contribution in [0.3, 0.4) is 0 Å². The van der Waals surface area contributed by atoms with Crippen molar-refractivity contribution < 1.29 is 4.79 Å². The molecule has 20 heavy (non-hydrogen) atoms. The molecule has 0 saturated carbocycles. The molecule has 0 aliphatic carbocycles. The van der Waals surface area contributed by atoms with Gasteiger partial charge in [0.2, 0.25) is 5.91 Å². The second-order valence-corrected chi connectivity index (χ2v) is 5.29. The Kier molecular flexibility index (Phi) is 3.61. The maximum absolute atomic E-state index is 12.4. The monoisotopic (exact) mass is 286 g/mol. The molecular weight excluding hydrogens is 272 g/mol. The van der Waals surface area contributed by atoms with Gasteiger partial charge in [-0.2, -0.15) is 0 Å². The summed E-state index contributed by atoms with van der Waals surface area (Å²) in [4.78, 5) is 12.4. The van der Waals surface area contributed by atoms with Crippen molar-refractivity contribution in [1.29, 1.82) is 0 Å². The Bertz CT molecular complexity index is 625. The second kappa shape index (κ2) is 5.55. The van der Waals surface area contributed by atoms with Crippen LogP contribution >= 0.6 is 11.6 Å². The molecule has 2 N–H and O–H groups in total. The van der Waals surface area contributed by atoms with Gasteiger partial charge >= 0.3 is 0 Å². The predicted octanol–water partition coefficient (Wildman–Crippen LogP) is 3.88. The molecule has 0 fully saturated rings. The number of hydrogen-bond donors (Lipinski definition) is 2. The van der Waals surface area contributed by atoms with Gasteiger partial charge in [0.15, 0.2) is 0 Å². The highest BCUT2D eigenvalue weighted by Crippen LogP contribution is 2.32. The van der Waals surface area contributed by atoms with Gasteiger partial charge in [-0.15, -0.1) is 0 Å². The molecule has 2 aromatic carbocycles. The molecular formula is C16H15ClN2O. The Morgan fingerprint density at radius 2 is 1.90 bits per heavy atom. The highest BCUT2D eigenvalue weighted by molar-refractivity contribution is 6.30. The zero-order valence-electron chi connectivity index (χ0n) is 10.9. The Hall–Kier alpha value is -2.00. The van der Waals surface area contributed by atoms with E-state index in [1.54, 1.807) is 12.1 Å². The summed E-state index contributed by atoms with van der Waals surface area (Å²) in [6, 6.07) is 15.1. The predicted molar refractivity (Wildman–Crippen MR) is 82.4 cm³/mol. The molecule has 1 aliphatic heterocycles. The summed E-state index contributed by atoms with van der Waals surface area (Å²) in [5.74, 6) is -0.0793. The van der Waals surface area contributed by atoms with E-state index in [9.17, 15) is 4.79 Å². The quantitative estimate of drug-likeness (QED) is 0.880. The number of halogens is 1. The standard InChI is InChI=1S/C16H15ClN2O/c17-11-5-7-12(8-6-11)19-16(20)14-9-10-18-15-4-2-1-3-13(14)15/h1-8,14,18H,9-10H2,(H,19,20). The highest BCUT2D eigenvalue weighted by atomic mass is 35.5. The van der Waals surface area contributed by atoms with Gasteiger partial charge in [0.05, 0.1) is 5.92 Å². The van der Waals surface area contributed by atoms with Gasteiger partial charge in [-0.3, -0.25) is 4.79 Å². The molecule has 1 unspecified atom stereocenters. The number of para-hydroxylation sites is 1. The van der Waals surface area contributed by atoms with E-state index in [4.69, 9.17) is 11.6 Å². The Morgan fingerprint density at radius 3 is 2.70 bits per heavy atom. The van der Waals surface area contributed by atoms with Crippen LogP contribution in [0.5, 0.6) is 0 Å². The van der Waals surface area contributed by atoms with Crippen LogP contribution in [0.4, 0.5) is 11.4 Å². The van der Waals surface area contributed by atoms with Crippen LogP contribution < -0.4 is 10.6 Å². The maximum Gasteiger partial charge on any atom is 0.232 e. The molecule has 2 aromatic rings. The number of nitrogens with one attached hydrogen (secondary N) is 2. The van der Waals surface area contributed by atoms with Crippen LogP contribution in [0, 0.1) is 0 Å². The molecule has 1 aliphatic rings. The van der Waals surface area contributed by atoms with E-state index in [1.165, 1.54) is 0 Å². The van der Waals surface area contributed by atoms with Crippen LogP contribution in [-0.2, 0) is 4.79 Å². The molecule has 1 heterocycles. The molecule has 4 heteroatoms. The summed E-state index contributed by atoms with van der Waals surface area (Å²) in [6.07, 6.45) is 0.802. The maximum atomic E-state index is 12.4. The summed E-state index contributed by atoms with van der Waals surface area (Å²) in [7, 11) is 0. The fourth-order valence-corrected chi connectivity index (χ4v) is 2.63.